The molecule has 0 saturated carbocycles. The summed E-state index contributed by atoms with van der Waals surface area (Å²) in [5.41, 5.74) is 6.05. The molecule has 0 N–H and O–H groups in total. The number of pyridine rings is 3. The fraction of sp³-hybridized carbons (Fsp3) is 0.239. The summed E-state index contributed by atoms with van der Waals surface area (Å²) in [5, 5.41) is 11.7. The van der Waals surface area contributed by atoms with Gasteiger partial charge in [0, 0.05) is 20.5 Å². The molecule has 0 unspecified atom stereocenters. The average molecular weight is 1510 g/mol. The first-order valence-electron chi connectivity index (χ1n) is 27.8. The van der Waals surface area contributed by atoms with Gasteiger partial charge < -0.3 is 4.98 Å². The molecule has 15 heteroatoms. The van der Waals surface area contributed by atoms with Crippen molar-refractivity contribution in [2.24, 2.45) is 0 Å². The van der Waals surface area contributed by atoms with E-state index in [1.165, 1.54) is 48.8 Å². The molecule has 3 aromatic heterocycles. The van der Waals surface area contributed by atoms with Crippen LogP contribution in [0.15, 0.2) is 237 Å². The number of rotatable bonds is 15. The van der Waals surface area contributed by atoms with Crippen LogP contribution in [-0.4, -0.2) is 55.3 Å². The van der Waals surface area contributed by atoms with Crippen LogP contribution in [0.5, 0.6) is 0 Å². The maximum Gasteiger partial charge on any atom is 1.00 e. The molecule has 0 fully saturated rings. The summed E-state index contributed by atoms with van der Waals surface area (Å²) in [4.78, 5) is 14.3. The van der Waals surface area contributed by atoms with Gasteiger partial charge in [-0.3, -0.25) is 9.97 Å². The smallest absolute Gasteiger partial charge is 0.326 e. The van der Waals surface area contributed by atoms with E-state index in [0.717, 1.165) is 11.4 Å². The van der Waals surface area contributed by atoms with Crippen LogP contribution in [0, 0.1) is 28.0 Å². The van der Waals surface area contributed by atoms with Gasteiger partial charge in [-0.1, -0.05) is 198 Å². The molecule has 3 nitrogen and oxygen atoms in total. The second-order valence-corrected chi connectivity index (χ2v) is 55.9. The Labute approximate surface area is 583 Å². The minimum absolute atomic E-state index is 0. The molecule has 0 aliphatic rings. The van der Waals surface area contributed by atoms with E-state index < -0.39 is 56.2 Å². The Kier molecular flexibility index (Phi) is 39.4. The summed E-state index contributed by atoms with van der Waals surface area (Å²) in [6, 6.07) is 85.4. The van der Waals surface area contributed by atoms with E-state index in [1.807, 2.05) is 60.9 Å². The summed E-state index contributed by atoms with van der Waals surface area (Å²) in [7, 11) is -8.87. The third kappa shape index (κ3) is 26.0. The minimum Gasteiger partial charge on any atom is -0.326 e. The Morgan fingerprint density at radius 2 is 0.547 bits per heavy atom. The molecule has 0 aliphatic heterocycles. The van der Waals surface area contributed by atoms with Crippen LogP contribution < -0.4 is 31.8 Å². The van der Waals surface area contributed by atoms with Gasteiger partial charge in [0.1, 0.15) is 0 Å². The Morgan fingerprint density at radius 1 is 0.291 bits per heavy atom. The molecule has 0 aliphatic carbocycles. The molecule has 0 spiro atoms. The number of benzene rings is 6. The Morgan fingerprint density at radius 3 is 0.767 bits per heavy atom. The molecule has 476 valence electrons. The first-order chi connectivity index (χ1) is 37.4. The zero-order valence-corrected chi connectivity index (χ0v) is 63.1. The van der Waals surface area contributed by atoms with Gasteiger partial charge in [-0.15, -0.1) is 65.5 Å². The monoisotopic (exact) mass is 1510 g/mol. The van der Waals surface area contributed by atoms with E-state index >= 15 is 0 Å². The third-order valence-electron chi connectivity index (χ3n) is 13.1. The van der Waals surface area contributed by atoms with Crippen LogP contribution in [0.2, 0.25) is 98.2 Å². The van der Waals surface area contributed by atoms with Crippen LogP contribution in [-0.2, 0) is 85.3 Å². The van der Waals surface area contributed by atoms with Gasteiger partial charge >= 0.3 is 85.3 Å². The Balaban J connectivity index is 0. The number of aromatic nitrogens is 3. The number of hydrogen-bond acceptors (Lipinski definition) is 3. The molecule has 9 rings (SSSR count). The summed E-state index contributed by atoms with van der Waals surface area (Å²) >= 11 is 0. The predicted molar refractivity (Wildman–Crippen MR) is 380 cm³/mol. The van der Waals surface area contributed by atoms with Gasteiger partial charge in [-0.25, -0.2) is 18.2 Å². The zero-order valence-electron chi connectivity index (χ0n) is 51.4. The van der Waals surface area contributed by atoms with Crippen molar-refractivity contribution in [3.05, 3.63) is 288 Å². The van der Waals surface area contributed by atoms with Crippen LogP contribution >= 0.6 is 15.8 Å². The minimum atomic E-state index is -1.48. The van der Waals surface area contributed by atoms with Gasteiger partial charge in [-0.2, -0.15) is 46.7 Å². The molecule has 3 heterocycles. The second kappa shape index (κ2) is 39.9. The Bertz CT molecular complexity index is 2740. The first kappa shape index (κ1) is 85.0. The van der Waals surface area contributed by atoms with E-state index in [9.17, 15) is 0 Å². The maximum absolute atomic E-state index is 5.30. The van der Waals surface area contributed by atoms with Gasteiger partial charge in [0.2, 0.25) is 0 Å². The van der Waals surface area contributed by atoms with Crippen molar-refractivity contribution >= 4 is 88.0 Å². The molecule has 0 atom stereocenters. The predicted octanol–water partition coefficient (Wildman–Crippen LogP) is 17.0. The zero-order chi connectivity index (χ0) is 57.3. The fourth-order valence-corrected chi connectivity index (χ4v) is 39.4. The largest absolute Gasteiger partial charge is 1.00 e. The van der Waals surface area contributed by atoms with Crippen molar-refractivity contribution in [2.75, 3.05) is 0 Å². The van der Waals surface area contributed by atoms with Crippen LogP contribution in [0.25, 0.3) is 0 Å². The number of nitrogens with zero attached hydrogens (tertiary/aromatic N) is 3. The Hall–Kier alpha value is -3.08. The average Bonchev–Trinajstić information content (AvgIpc) is 1.42. The number of hydrogen-bond donors (Lipinski definition) is 0. The van der Waals surface area contributed by atoms with Crippen molar-refractivity contribution < 1.29 is 85.3 Å². The summed E-state index contributed by atoms with van der Waals surface area (Å²) in [6.45, 7) is 36.8. The van der Waals surface area contributed by atoms with E-state index in [4.69, 9.17) is 4.98 Å². The van der Waals surface area contributed by atoms with Gasteiger partial charge in [0.25, 0.3) is 0 Å². The molecule has 0 amide bonds. The normalized spacial score (nSPS) is 10.8. The SMILES string of the molecule is C.C.C[Si](C)(C)[C-](c1cccc([C-]([Si](C)(C)C)[Si](C)(C)C)n1)[Si](C)(C)C.C[Si](C)(C)[C-](c1ccccn1)c1ccccn1.[Cu+].[Cu+].[Cu+].[Cu+].[Cu+].[c-]1ccccc1[PH+](c1ccccc1)c1ccccc1.[c-]1ccccc1[PH+](c1ccccc1)c1ccccc1. The molecule has 0 bridgehead atoms. The van der Waals surface area contributed by atoms with Crippen LogP contribution in [0.3, 0.4) is 0 Å². The van der Waals surface area contributed by atoms with Crippen molar-refractivity contribution in [3.63, 3.8) is 0 Å². The van der Waals surface area contributed by atoms with Crippen LogP contribution in [0.1, 0.15) is 37.6 Å². The summed E-state index contributed by atoms with van der Waals surface area (Å²) < 4.78 is 0. The second-order valence-electron chi connectivity index (χ2n) is 25.0. The van der Waals surface area contributed by atoms with Gasteiger partial charge in [0.15, 0.2) is 0 Å². The quantitative estimate of drug-likeness (QED) is 0.0583. The van der Waals surface area contributed by atoms with Crippen molar-refractivity contribution in [2.45, 2.75) is 113 Å². The van der Waals surface area contributed by atoms with Crippen molar-refractivity contribution in [1.82, 2.24) is 15.0 Å². The van der Waals surface area contributed by atoms with E-state index in [-0.39, 0.29) is 100 Å². The summed E-state index contributed by atoms with van der Waals surface area (Å²) in [5.74, 6) is 0. The van der Waals surface area contributed by atoms with Gasteiger partial charge in [-0.05, 0) is 103 Å². The molecule has 6 aromatic carbocycles. The maximum atomic E-state index is 5.30. The molecule has 9 aromatic rings. The van der Waals surface area contributed by atoms with Crippen molar-refractivity contribution in [3.8, 4) is 0 Å². The van der Waals surface area contributed by atoms with Crippen molar-refractivity contribution in [1.29, 1.82) is 0 Å². The van der Waals surface area contributed by atoms with E-state index in [0.29, 0.717) is 0 Å². The third-order valence-corrected chi connectivity index (χ3v) is 36.4. The van der Waals surface area contributed by atoms with Gasteiger partial charge in [0.05, 0.1) is 37.1 Å². The standard InChI is InChI=1S/C19H39NSi4.2C18H14P.C14H17N2Si.2CH4.5Cu/c1-21(2,3)18(22(4,5)6)16-14-13-15-17(20-16)19(23(7,8)9)24(10,11)12;2*1-4-10-16(11-5-1)19(17-12-6-2-7-13-17)18-14-8-3-9-15-18;1-17(2,3)14(12-8-4-6-10-15-12)13-9-5-7-11-16-13;;;;;;;/h13-15H,1-12H3;2*1-14H;4-11H,1-3H3;2*1H4;;;;;/q-2;3*-1;;;5*+1/p+2. The molecule has 0 saturated heterocycles. The topological polar surface area (TPSA) is 38.7 Å². The molecular formula is C71H94Cu5N3P2Si5+2. The molecule has 0 radical (unpaired) electrons. The first-order valence-corrected chi connectivity index (χ1v) is 48.3. The van der Waals surface area contributed by atoms with E-state index in [1.54, 1.807) is 10.3 Å². The molecular weight excluding hydrogens is 1410 g/mol. The van der Waals surface area contributed by atoms with Crippen LogP contribution in [0.4, 0.5) is 0 Å². The fourth-order valence-electron chi connectivity index (χ4n) is 10.9. The molecule has 86 heavy (non-hydrogen) atoms. The summed E-state index contributed by atoms with van der Waals surface area (Å²) in [6.07, 6.45) is 3.69. The van der Waals surface area contributed by atoms with E-state index in [2.05, 4.69) is 296 Å².